The van der Waals surface area contributed by atoms with Crippen molar-refractivity contribution in [3.63, 3.8) is 0 Å². The quantitative estimate of drug-likeness (QED) is 0.737. The molecule has 1 unspecified atom stereocenters. The lowest BCUT2D eigenvalue weighted by Crippen LogP contribution is -2.34. The first-order valence-electron chi connectivity index (χ1n) is 6.04. The molecule has 0 aromatic carbocycles. The number of aromatic nitrogens is 2. The van der Waals surface area contributed by atoms with E-state index in [4.69, 9.17) is 5.11 Å². The van der Waals surface area contributed by atoms with E-state index in [0.717, 1.165) is 19.5 Å². The molecule has 0 bridgehead atoms. The molecule has 0 radical (unpaired) electrons. The zero-order valence-corrected chi connectivity index (χ0v) is 10.5. The Kier molecular flexibility index (Phi) is 5.49. The second-order valence-corrected chi connectivity index (χ2v) is 4.38. The minimum Gasteiger partial charge on any atom is -0.396 e. The number of hydrogen-bond acceptors (Lipinski definition) is 3. The van der Waals surface area contributed by atoms with Crippen molar-refractivity contribution in [2.75, 3.05) is 6.61 Å². The molecule has 0 spiro atoms. The highest BCUT2D eigenvalue weighted by atomic mass is 16.3. The molecule has 1 atom stereocenters. The Balaban J connectivity index is 2.48. The van der Waals surface area contributed by atoms with Crippen LogP contribution in [0.2, 0.25) is 0 Å². The summed E-state index contributed by atoms with van der Waals surface area (Å²) in [4.78, 5) is 0. The lowest BCUT2D eigenvalue weighted by molar-refractivity contribution is 0.243. The summed E-state index contributed by atoms with van der Waals surface area (Å²) in [5, 5.41) is 16.7. The van der Waals surface area contributed by atoms with Gasteiger partial charge in [-0.15, -0.1) is 0 Å². The molecule has 16 heavy (non-hydrogen) atoms. The van der Waals surface area contributed by atoms with Crippen LogP contribution < -0.4 is 5.32 Å². The van der Waals surface area contributed by atoms with Gasteiger partial charge in [0.05, 0.1) is 5.69 Å². The third kappa shape index (κ3) is 3.61. The van der Waals surface area contributed by atoms with Crippen molar-refractivity contribution in [1.82, 2.24) is 15.1 Å². The minimum atomic E-state index is 0.239. The molecule has 4 heteroatoms. The van der Waals surface area contributed by atoms with E-state index in [1.165, 1.54) is 5.69 Å². The van der Waals surface area contributed by atoms with Crippen LogP contribution in [0.4, 0.5) is 0 Å². The molecule has 0 aliphatic heterocycles. The number of nitrogens with one attached hydrogen (secondary N) is 1. The number of aryl methyl sites for hydroxylation is 1. The molecule has 0 aliphatic rings. The fourth-order valence-corrected chi connectivity index (χ4v) is 1.84. The predicted molar refractivity (Wildman–Crippen MR) is 65.1 cm³/mol. The van der Waals surface area contributed by atoms with Crippen LogP contribution in [0, 0.1) is 5.92 Å². The average Bonchev–Trinajstić information content (AvgIpc) is 2.71. The maximum atomic E-state index is 8.99. The van der Waals surface area contributed by atoms with Gasteiger partial charge in [0.2, 0.25) is 0 Å². The highest BCUT2D eigenvalue weighted by molar-refractivity contribution is 5.00. The van der Waals surface area contributed by atoms with Gasteiger partial charge in [0.25, 0.3) is 0 Å². The van der Waals surface area contributed by atoms with Gasteiger partial charge in [-0.2, -0.15) is 5.10 Å². The molecule has 0 aliphatic carbocycles. The van der Waals surface area contributed by atoms with Gasteiger partial charge in [-0.25, -0.2) is 0 Å². The molecular formula is C12H23N3O. The largest absolute Gasteiger partial charge is 0.396 e. The minimum absolute atomic E-state index is 0.239. The maximum absolute atomic E-state index is 8.99. The summed E-state index contributed by atoms with van der Waals surface area (Å²) in [6.45, 7) is 8.38. The third-order valence-corrected chi connectivity index (χ3v) is 2.89. The van der Waals surface area contributed by atoms with Crippen LogP contribution in [0.3, 0.4) is 0 Å². The van der Waals surface area contributed by atoms with E-state index in [1.54, 1.807) is 0 Å². The second kappa shape index (κ2) is 6.66. The van der Waals surface area contributed by atoms with E-state index >= 15 is 0 Å². The van der Waals surface area contributed by atoms with Gasteiger partial charge in [-0.05, 0) is 25.3 Å². The van der Waals surface area contributed by atoms with Crippen LogP contribution >= 0.6 is 0 Å². The van der Waals surface area contributed by atoms with Gasteiger partial charge in [-0.3, -0.25) is 4.68 Å². The number of rotatable bonds is 7. The third-order valence-electron chi connectivity index (χ3n) is 2.89. The maximum Gasteiger partial charge on any atom is 0.0522 e. The Bertz CT molecular complexity index is 296. The average molecular weight is 225 g/mol. The first-order valence-corrected chi connectivity index (χ1v) is 6.04. The van der Waals surface area contributed by atoms with Crippen LogP contribution in [0.1, 0.15) is 32.9 Å². The van der Waals surface area contributed by atoms with Crippen molar-refractivity contribution < 1.29 is 5.11 Å². The number of aliphatic hydroxyl groups is 1. The SMILES string of the molecule is CCn1nccc1CNC(CCO)C(C)C. The molecule has 0 saturated carbocycles. The van der Waals surface area contributed by atoms with E-state index in [9.17, 15) is 0 Å². The Morgan fingerprint density at radius 3 is 2.81 bits per heavy atom. The summed E-state index contributed by atoms with van der Waals surface area (Å²) < 4.78 is 1.99. The van der Waals surface area contributed by atoms with Gasteiger partial charge in [0.15, 0.2) is 0 Å². The summed E-state index contributed by atoms with van der Waals surface area (Å²) in [6, 6.07) is 2.40. The van der Waals surface area contributed by atoms with Crippen molar-refractivity contribution >= 4 is 0 Å². The summed E-state index contributed by atoms with van der Waals surface area (Å²) >= 11 is 0. The van der Waals surface area contributed by atoms with Gasteiger partial charge >= 0.3 is 0 Å². The normalized spacial score (nSPS) is 13.3. The summed E-state index contributed by atoms with van der Waals surface area (Å²) in [7, 11) is 0. The number of aliphatic hydroxyl groups excluding tert-OH is 1. The molecule has 0 fully saturated rings. The van der Waals surface area contributed by atoms with E-state index in [1.807, 2.05) is 16.9 Å². The molecule has 1 heterocycles. The van der Waals surface area contributed by atoms with Crippen LogP contribution in [-0.2, 0) is 13.1 Å². The van der Waals surface area contributed by atoms with Crippen molar-refractivity contribution in [2.24, 2.45) is 5.92 Å². The van der Waals surface area contributed by atoms with Crippen molar-refractivity contribution in [1.29, 1.82) is 0 Å². The lowest BCUT2D eigenvalue weighted by atomic mass is 10.0. The smallest absolute Gasteiger partial charge is 0.0522 e. The van der Waals surface area contributed by atoms with E-state index in [2.05, 4.69) is 31.2 Å². The standard InChI is InChI=1S/C12H23N3O/c1-4-15-11(5-7-14-15)9-13-12(6-8-16)10(2)3/h5,7,10,12-13,16H,4,6,8-9H2,1-3H3. The van der Waals surface area contributed by atoms with Gasteiger partial charge in [0.1, 0.15) is 0 Å². The van der Waals surface area contributed by atoms with Crippen molar-refractivity contribution in [3.05, 3.63) is 18.0 Å². The lowest BCUT2D eigenvalue weighted by Gasteiger charge is -2.21. The van der Waals surface area contributed by atoms with Gasteiger partial charge in [-0.1, -0.05) is 13.8 Å². The molecule has 92 valence electrons. The summed E-state index contributed by atoms with van der Waals surface area (Å²) in [5.74, 6) is 0.533. The monoisotopic (exact) mass is 225 g/mol. The Labute approximate surface area is 97.7 Å². The molecule has 1 rings (SSSR count). The molecule has 0 saturated heterocycles. The second-order valence-electron chi connectivity index (χ2n) is 4.38. The number of hydrogen-bond donors (Lipinski definition) is 2. The van der Waals surface area contributed by atoms with Crippen LogP contribution in [0.15, 0.2) is 12.3 Å². The Morgan fingerprint density at radius 1 is 1.50 bits per heavy atom. The zero-order valence-electron chi connectivity index (χ0n) is 10.5. The predicted octanol–water partition coefficient (Wildman–Crippen LogP) is 1.40. The molecule has 2 N–H and O–H groups in total. The molecule has 1 aromatic heterocycles. The fourth-order valence-electron chi connectivity index (χ4n) is 1.84. The highest BCUT2D eigenvalue weighted by Crippen LogP contribution is 2.07. The molecule has 4 nitrogen and oxygen atoms in total. The van der Waals surface area contributed by atoms with Gasteiger partial charge < -0.3 is 10.4 Å². The van der Waals surface area contributed by atoms with E-state index < -0.39 is 0 Å². The molecular weight excluding hydrogens is 202 g/mol. The summed E-state index contributed by atoms with van der Waals surface area (Å²) in [5.41, 5.74) is 1.20. The van der Waals surface area contributed by atoms with Crippen molar-refractivity contribution in [2.45, 2.75) is 46.3 Å². The van der Waals surface area contributed by atoms with Crippen molar-refractivity contribution in [3.8, 4) is 0 Å². The van der Waals surface area contributed by atoms with E-state index in [0.29, 0.717) is 12.0 Å². The first-order chi connectivity index (χ1) is 7.69. The van der Waals surface area contributed by atoms with Crippen LogP contribution in [0.25, 0.3) is 0 Å². The summed E-state index contributed by atoms with van der Waals surface area (Å²) in [6.07, 6.45) is 2.63. The Morgan fingerprint density at radius 2 is 2.25 bits per heavy atom. The van der Waals surface area contributed by atoms with Gasteiger partial charge in [0, 0.05) is 31.9 Å². The highest BCUT2D eigenvalue weighted by Gasteiger charge is 2.12. The Hall–Kier alpha value is -0.870. The fraction of sp³-hybridized carbons (Fsp3) is 0.750. The van der Waals surface area contributed by atoms with Crippen LogP contribution in [-0.4, -0.2) is 27.5 Å². The first kappa shape index (κ1) is 13.2. The molecule has 0 amide bonds. The zero-order chi connectivity index (χ0) is 12.0. The topological polar surface area (TPSA) is 50.1 Å². The van der Waals surface area contributed by atoms with E-state index in [-0.39, 0.29) is 6.61 Å². The molecule has 1 aromatic rings. The van der Waals surface area contributed by atoms with Crippen LogP contribution in [0.5, 0.6) is 0 Å². The number of nitrogens with zero attached hydrogens (tertiary/aromatic N) is 2.